The predicted octanol–water partition coefficient (Wildman–Crippen LogP) is 2.64. The average molecular weight is 339 g/mol. The maximum atomic E-state index is 12.4. The Bertz CT molecular complexity index is 921. The van der Waals surface area contributed by atoms with E-state index in [0.29, 0.717) is 23.9 Å². The Balaban J connectivity index is 1.54. The molecule has 2 heterocycles. The molecule has 0 atom stereocenters. The van der Waals surface area contributed by atoms with Crippen molar-refractivity contribution in [3.8, 4) is 5.75 Å². The first-order chi connectivity index (χ1) is 11.6. The first kappa shape index (κ1) is 15.2. The Morgan fingerprint density at radius 2 is 2.00 bits per heavy atom. The highest BCUT2D eigenvalue weighted by Crippen LogP contribution is 2.27. The monoisotopic (exact) mass is 338 g/mol. The number of carbonyl (C=O) groups is 1. The van der Waals surface area contributed by atoms with Crippen molar-refractivity contribution in [3.63, 3.8) is 0 Å². The molecule has 1 aliphatic heterocycles. The fraction of sp³-hybridized carbons (Fsp3) is 0.167. The number of amides is 1. The predicted molar refractivity (Wildman–Crippen MR) is 98.1 cm³/mol. The summed E-state index contributed by atoms with van der Waals surface area (Å²) in [5.41, 5.74) is 4.77. The summed E-state index contributed by atoms with van der Waals surface area (Å²) >= 11 is 5.85. The number of aromatic amines is 1. The lowest BCUT2D eigenvalue weighted by molar-refractivity contribution is 0.146. The quantitative estimate of drug-likeness (QED) is 0.693. The number of carbonyl (C=O) groups excluding carboxylic acids is 1. The maximum Gasteiger partial charge on any atom is 0.415 e. The van der Waals surface area contributed by atoms with E-state index in [1.807, 2.05) is 0 Å². The van der Waals surface area contributed by atoms with Crippen molar-refractivity contribution in [2.75, 3.05) is 6.54 Å². The number of rotatable bonds is 1. The lowest BCUT2D eigenvalue weighted by Crippen LogP contribution is -2.37. The number of nitrogens with zero attached hydrogens (tertiary/aromatic N) is 1. The highest BCUT2D eigenvalue weighted by molar-refractivity contribution is 6.33. The molecule has 3 aromatic rings. The molecular formula is C18H16BClN2O2. The van der Waals surface area contributed by atoms with Gasteiger partial charge in [-0.1, -0.05) is 29.2 Å². The van der Waals surface area contributed by atoms with Gasteiger partial charge in [-0.3, -0.25) is 0 Å². The summed E-state index contributed by atoms with van der Waals surface area (Å²) in [6.45, 7) is 1.19. The summed E-state index contributed by atoms with van der Waals surface area (Å²) in [7, 11) is 2.09. The third-order valence-corrected chi connectivity index (χ3v) is 4.66. The molecule has 0 radical (unpaired) electrons. The van der Waals surface area contributed by atoms with Crippen molar-refractivity contribution >= 4 is 41.9 Å². The van der Waals surface area contributed by atoms with Crippen LogP contribution < -0.4 is 10.2 Å². The molecular weight excluding hydrogens is 322 g/mol. The van der Waals surface area contributed by atoms with Gasteiger partial charge in [0.15, 0.2) is 0 Å². The van der Waals surface area contributed by atoms with Crippen LogP contribution >= 0.6 is 11.6 Å². The fourth-order valence-electron chi connectivity index (χ4n) is 3.18. The molecule has 0 spiro atoms. The van der Waals surface area contributed by atoms with E-state index in [1.165, 1.54) is 16.4 Å². The van der Waals surface area contributed by atoms with Gasteiger partial charge in [-0.2, -0.15) is 0 Å². The number of fused-ring (bicyclic) bond motifs is 3. The second-order valence-electron chi connectivity index (χ2n) is 6.12. The largest absolute Gasteiger partial charge is 0.415 e. The minimum atomic E-state index is -0.335. The van der Waals surface area contributed by atoms with Gasteiger partial charge in [-0.15, -0.1) is 0 Å². The fourth-order valence-corrected chi connectivity index (χ4v) is 3.30. The average Bonchev–Trinajstić information content (AvgIpc) is 2.94. The van der Waals surface area contributed by atoms with Crippen LogP contribution in [0, 0.1) is 0 Å². The first-order valence-corrected chi connectivity index (χ1v) is 8.30. The smallest absolute Gasteiger partial charge is 0.410 e. The number of hydrogen-bond acceptors (Lipinski definition) is 2. The second kappa shape index (κ2) is 5.91. The number of benzene rings is 2. The Kier molecular flexibility index (Phi) is 3.73. The van der Waals surface area contributed by atoms with Gasteiger partial charge in [0.05, 0.1) is 6.54 Å². The van der Waals surface area contributed by atoms with Crippen molar-refractivity contribution in [3.05, 3.63) is 58.7 Å². The summed E-state index contributed by atoms with van der Waals surface area (Å²) in [5, 5.41) is 1.88. The molecule has 0 fully saturated rings. The Morgan fingerprint density at radius 3 is 2.79 bits per heavy atom. The summed E-state index contributed by atoms with van der Waals surface area (Å²) in [5.74, 6) is 0.502. The van der Waals surface area contributed by atoms with E-state index >= 15 is 0 Å². The van der Waals surface area contributed by atoms with Crippen LogP contribution in [0.1, 0.15) is 11.3 Å². The van der Waals surface area contributed by atoms with Gasteiger partial charge in [0.2, 0.25) is 0 Å². The minimum absolute atomic E-state index is 0.335. The van der Waals surface area contributed by atoms with E-state index in [-0.39, 0.29) is 6.09 Å². The molecule has 1 aromatic heterocycles. The van der Waals surface area contributed by atoms with Crippen LogP contribution in [0.4, 0.5) is 4.79 Å². The normalized spacial score (nSPS) is 13.8. The van der Waals surface area contributed by atoms with E-state index in [4.69, 9.17) is 16.3 Å². The molecule has 6 heteroatoms. The highest BCUT2D eigenvalue weighted by Gasteiger charge is 2.25. The standard InChI is InChI=1S/C18H16BClN2O2/c19-11-1-6-16-15(9-11)14-7-8-22(10-17(14)21-16)18(23)24-13-4-2-12(20)3-5-13/h1-6,9,21H,7-8,10,19H2. The van der Waals surface area contributed by atoms with Gasteiger partial charge in [-0.25, -0.2) is 4.79 Å². The number of halogens is 1. The number of hydrogen-bond donors (Lipinski definition) is 1. The third kappa shape index (κ3) is 2.76. The van der Waals surface area contributed by atoms with Crippen LogP contribution in [0.3, 0.4) is 0 Å². The molecule has 0 saturated heterocycles. The van der Waals surface area contributed by atoms with E-state index in [2.05, 4.69) is 31.0 Å². The first-order valence-electron chi connectivity index (χ1n) is 7.92. The maximum absolute atomic E-state index is 12.4. The van der Waals surface area contributed by atoms with Crippen LogP contribution in [0.15, 0.2) is 42.5 Å². The Morgan fingerprint density at radius 1 is 1.21 bits per heavy atom. The van der Waals surface area contributed by atoms with Gasteiger partial charge >= 0.3 is 6.09 Å². The topological polar surface area (TPSA) is 45.3 Å². The molecule has 2 aromatic carbocycles. The minimum Gasteiger partial charge on any atom is -0.410 e. The van der Waals surface area contributed by atoms with Crippen LogP contribution in [0.2, 0.25) is 5.02 Å². The number of nitrogens with one attached hydrogen (secondary N) is 1. The van der Waals surface area contributed by atoms with E-state index in [0.717, 1.165) is 17.6 Å². The molecule has 1 N–H and O–H groups in total. The van der Waals surface area contributed by atoms with Gasteiger partial charge in [0.1, 0.15) is 13.6 Å². The number of aromatic nitrogens is 1. The zero-order valence-electron chi connectivity index (χ0n) is 13.3. The zero-order valence-corrected chi connectivity index (χ0v) is 14.1. The molecule has 1 aliphatic rings. The molecule has 4 rings (SSSR count). The van der Waals surface area contributed by atoms with Crippen LogP contribution in [0.25, 0.3) is 10.9 Å². The number of H-pyrrole nitrogens is 1. The van der Waals surface area contributed by atoms with Crippen LogP contribution in [-0.2, 0) is 13.0 Å². The van der Waals surface area contributed by atoms with Crippen molar-refractivity contribution in [2.45, 2.75) is 13.0 Å². The molecule has 1 amide bonds. The molecule has 120 valence electrons. The zero-order chi connectivity index (χ0) is 16.7. The van der Waals surface area contributed by atoms with Gasteiger partial charge in [-0.05, 0) is 42.3 Å². The second-order valence-corrected chi connectivity index (χ2v) is 6.56. The van der Waals surface area contributed by atoms with Crippen molar-refractivity contribution in [2.24, 2.45) is 0 Å². The summed E-state index contributed by atoms with van der Waals surface area (Å²) in [6, 6.07) is 13.2. The summed E-state index contributed by atoms with van der Waals surface area (Å²) in [4.78, 5) is 17.5. The highest BCUT2D eigenvalue weighted by atomic mass is 35.5. The summed E-state index contributed by atoms with van der Waals surface area (Å²) < 4.78 is 5.43. The number of ether oxygens (including phenoxy) is 1. The van der Waals surface area contributed by atoms with E-state index in [9.17, 15) is 4.79 Å². The Hall–Kier alpha value is -2.40. The van der Waals surface area contributed by atoms with Crippen LogP contribution in [-0.4, -0.2) is 30.4 Å². The third-order valence-electron chi connectivity index (χ3n) is 4.41. The molecule has 24 heavy (non-hydrogen) atoms. The van der Waals surface area contributed by atoms with Gasteiger partial charge in [0.25, 0.3) is 0 Å². The molecule has 0 aliphatic carbocycles. The molecule has 0 unspecified atom stereocenters. The molecule has 0 bridgehead atoms. The van der Waals surface area contributed by atoms with E-state index < -0.39 is 0 Å². The SMILES string of the molecule is Bc1ccc2[nH]c3c(c2c1)CCN(C(=O)Oc1ccc(Cl)cc1)C3. The lowest BCUT2D eigenvalue weighted by Gasteiger charge is -2.26. The van der Waals surface area contributed by atoms with Crippen molar-refractivity contribution in [1.29, 1.82) is 0 Å². The van der Waals surface area contributed by atoms with Crippen molar-refractivity contribution in [1.82, 2.24) is 9.88 Å². The van der Waals surface area contributed by atoms with Crippen LogP contribution in [0.5, 0.6) is 5.75 Å². The van der Waals surface area contributed by atoms with Crippen molar-refractivity contribution < 1.29 is 9.53 Å². The molecule has 0 saturated carbocycles. The van der Waals surface area contributed by atoms with E-state index in [1.54, 1.807) is 29.2 Å². The summed E-state index contributed by atoms with van der Waals surface area (Å²) in [6.07, 6.45) is 0.493. The Labute approximate surface area is 145 Å². The lowest BCUT2D eigenvalue weighted by atomic mass is 9.93. The molecule has 4 nitrogen and oxygen atoms in total. The van der Waals surface area contributed by atoms with Gasteiger partial charge in [0, 0.05) is 28.2 Å². The van der Waals surface area contributed by atoms with Gasteiger partial charge < -0.3 is 14.6 Å².